The van der Waals surface area contributed by atoms with Gasteiger partial charge in [0.05, 0.1) is 27.7 Å². The van der Waals surface area contributed by atoms with E-state index in [1.165, 1.54) is 7.11 Å². The Hall–Kier alpha value is 0.0700. The lowest BCUT2D eigenvalue weighted by Gasteiger charge is -2.24. The Bertz CT molecular complexity index is 202. The zero-order valence-electron chi connectivity index (χ0n) is 9.65. The van der Waals surface area contributed by atoms with E-state index in [4.69, 9.17) is 13.6 Å². The van der Waals surface area contributed by atoms with Crippen LogP contribution in [0.3, 0.4) is 0 Å². The van der Waals surface area contributed by atoms with Crippen LogP contribution < -0.4 is 0 Å². The van der Waals surface area contributed by atoms with E-state index >= 15 is 0 Å². The van der Waals surface area contributed by atoms with Crippen LogP contribution in [0.1, 0.15) is 6.92 Å². The third kappa shape index (κ3) is 6.51. The van der Waals surface area contributed by atoms with Gasteiger partial charge in [0.15, 0.2) is 0 Å². The molecule has 0 radical (unpaired) electrons. The summed E-state index contributed by atoms with van der Waals surface area (Å²) in [5.41, 5.74) is 0. The van der Waals surface area contributed by atoms with Crippen LogP contribution in [0.4, 0.5) is 0 Å². The van der Waals surface area contributed by atoms with Gasteiger partial charge in [0.1, 0.15) is 13.2 Å². The molecule has 1 unspecified atom stereocenters. The standard InChI is InChI=1S/C8H21NO4P/c1-6-12-14(10,11-5)13-8-7-9(2,3)4/h6-8H2,1-5H3/q+1. The number of likely N-dealkylation sites (N-methyl/N-ethyl adjacent to an activating group) is 1. The normalized spacial score (nSPS) is 16.6. The van der Waals surface area contributed by atoms with Gasteiger partial charge in [-0.05, 0) is 6.92 Å². The molecule has 0 fully saturated rings. The summed E-state index contributed by atoms with van der Waals surface area (Å²) in [6, 6.07) is 0. The van der Waals surface area contributed by atoms with E-state index in [0.29, 0.717) is 13.2 Å². The van der Waals surface area contributed by atoms with Gasteiger partial charge in [0.2, 0.25) is 0 Å². The summed E-state index contributed by atoms with van der Waals surface area (Å²) in [6.45, 7) is 3.17. The Kier molecular flexibility index (Phi) is 5.86. The topological polar surface area (TPSA) is 44.8 Å². The summed E-state index contributed by atoms with van der Waals surface area (Å²) in [5, 5.41) is 0. The van der Waals surface area contributed by atoms with Gasteiger partial charge in [-0.3, -0.25) is 13.6 Å². The van der Waals surface area contributed by atoms with Crippen LogP contribution in [0, 0.1) is 0 Å². The number of hydrogen-bond acceptors (Lipinski definition) is 4. The van der Waals surface area contributed by atoms with Gasteiger partial charge in [-0.1, -0.05) is 0 Å². The Balaban J connectivity index is 3.91. The molecule has 0 aromatic rings. The molecular formula is C8H21NO4P+. The van der Waals surface area contributed by atoms with E-state index < -0.39 is 7.82 Å². The highest BCUT2D eigenvalue weighted by Crippen LogP contribution is 2.48. The lowest BCUT2D eigenvalue weighted by atomic mass is 10.5. The maximum absolute atomic E-state index is 11.6. The Labute approximate surface area is 86.2 Å². The first-order chi connectivity index (χ1) is 6.33. The van der Waals surface area contributed by atoms with Crippen LogP contribution in [0.25, 0.3) is 0 Å². The number of hydrogen-bond donors (Lipinski definition) is 0. The summed E-state index contributed by atoms with van der Waals surface area (Å²) in [6.07, 6.45) is 0. The number of rotatable bonds is 7. The van der Waals surface area contributed by atoms with Crippen LogP contribution in [0.15, 0.2) is 0 Å². The van der Waals surface area contributed by atoms with Gasteiger partial charge >= 0.3 is 7.82 Å². The molecule has 0 aliphatic heterocycles. The molecule has 0 aliphatic carbocycles. The number of phosphoric ester groups is 1. The van der Waals surface area contributed by atoms with Crippen molar-refractivity contribution in [2.24, 2.45) is 0 Å². The fourth-order valence-electron chi connectivity index (χ4n) is 0.727. The van der Waals surface area contributed by atoms with Crippen LogP contribution in [0.2, 0.25) is 0 Å². The van der Waals surface area contributed by atoms with E-state index in [1.807, 2.05) is 21.1 Å². The lowest BCUT2D eigenvalue weighted by Crippen LogP contribution is -2.37. The van der Waals surface area contributed by atoms with Gasteiger partial charge in [0, 0.05) is 7.11 Å². The second-order valence-electron chi connectivity index (χ2n) is 3.89. The van der Waals surface area contributed by atoms with Crippen LogP contribution in [-0.4, -0.2) is 52.5 Å². The number of phosphoric acid groups is 1. The van der Waals surface area contributed by atoms with Crippen molar-refractivity contribution < 1.29 is 22.6 Å². The average molecular weight is 226 g/mol. The minimum Gasteiger partial charge on any atom is -0.329 e. The molecule has 6 heteroatoms. The van der Waals surface area contributed by atoms with Crippen LogP contribution in [-0.2, 0) is 18.1 Å². The smallest absolute Gasteiger partial charge is 0.329 e. The third-order valence-electron chi connectivity index (χ3n) is 1.52. The Morgan fingerprint density at radius 1 is 1.21 bits per heavy atom. The quantitative estimate of drug-likeness (QED) is 0.487. The molecule has 5 nitrogen and oxygen atoms in total. The minimum atomic E-state index is -3.30. The first kappa shape index (κ1) is 14.1. The molecular weight excluding hydrogens is 205 g/mol. The molecule has 0 aromatic carbocycles. The predicted molar refractivity (Wildman–Crippen MR) is 55.1 cm³/mol. The molecule has 0 rings (SSSR count). The first-order valence-corrected chi connectivity index (χ1v) is 6.04. The second-order valence-corrected chi connectivity index (χ2v) is 5.67. The highest BCUT2D eigenvalue weighted by molar-refractivity contribution is 7.48. The van der Waals surface area contributed by atoms with Gasteiger partial charge in [-0.25, -0.2) is 4.57 Å². The second kappa shape index (κ2) is 5.83. The van der Waals surface area contributed by atoms with Gasteiger partial charge in [-0.15, -0.1) is 0 Å². The monoisotopic (exact) mass is 226 g/mol. The average Bonchev–Trinajstić information content (AvgIpc) is 2.02. The molecule has 0 amide bonds. The summed E-state index contributed by atoms with van der Waals surface area (Å²) in [4.78, 5) is 0. The van der Waals surface area contributed by atoms with E-state index in [9.17, 15) is 4.57 Å². The molecule has 0 N–H and O–H groups in total. The Morgan fingerprint density at radius 3 is 2.14 bits per heavy atom. The lowest BCUT2D eigenvalue weighted by molar-refractivity contribution is -0.870. The van der Waals surface area contributed by atoms with Crippen molar-refractivity contribution >= 4 is 7.82 Å². The largest absolute Gasteiger partial charge is 0.474 e. The highest BCUT2D eigenvalue weighted by Gasteiger charge is 2.24. The van der Waals surface area contributed by atoms with E-state index in [1.54, 1.807) is 6.92 Å². The summed E-state index contributed by atoms with van der Waals surface area (Å²) in [7, 11) is 4.11. The first-order valence-electron chi connectivity index (χ1n) is 4.58. The maximum atomic E-state index is 11.6. The van der Waals surface area contributed by atoms with Crippen molar-refractivity contribution in [3.8, 4) is 0 Å². The SMILES string of the molecule is CCOP(=O)(OC)OCC[N+](C)(C)C. The molecule has 0 heterocycles. The molecule has 0 aromatic heterocycles. The van der Waals surface area contributed by atoms with Crippen molar-refractivity contribution in [2.45, 2.75) is 6.92 Å². The Morgan fingerprint density at radius 2 is 1.79 bits per heavy atom. The fourth-order valence-corrected chi connectivity index (χ4v) is 1.63. The van der Waals surface area contributed by atoms with Gasteiger partial charge < -0.3 is 4.48 Å². The zero-order valence-corrected chi connectivity index (χ0v) is 10.5. The zero-order chi connectivity index (χ0) is 11.2. The molecule has 0 saturated carbocycles. The molecule has 0 aliphatic rings. The number of nitrogens with zero attached hydrogens (tertiary/aromatic N) is 1. The van der Waals surface area contributed by atoms with Crippen molar-refractivity contribution in [2.75, 3.05) is 48.0 Å². The summed E-state index contributed by atoms with van der Waals surface area (Å²) >= 11 is 0. The fraction of sp³-hybridized carbons (Fsp3) is 1.00. The van der Waals surface area contributed by atoms with Crippen LogP contribution in [0.5, 0.6) is 0 Å². The molecule has 0 spiro atoms. The van der Waals surface area contributed by atoms with E-state index in [0.717, 1.165) is 11.0 Å². The summed E-state index contributed by atoms with van der Waals surface area (Å²) < 4.78 is 27.0. The molecule has 0 bridgehead atoms. The predicted octanol–water partition coefficient (Wildman–Crippen LogP) is 1.50. The van der Waals surface area contributed by atoms with Crippen molar-refractivity contribution in [1.29, 1.82) is 0 Å². The molecule has 1 atom stereocenters. The van der Waals surface area contributed by atoms with E-state index in [-0.39, 0.29) is 0 Å². The molecule has 0 saturated heterocycles. The van der Waals surface area contributed by atoms with Crippen molar-refractivity contribution in [3.63, 3.8) is 0 Å². The van der Waals surface area contributed by atoms with Crippen LogP contribution >= 0.6 is 7.82 Å². The van der Waals surface area contributed by atoms with Crippen molar-refractivity contribution in [3.05, 3.63) is 0 Å². The minimum absolute atomic E-state index is 0.315. The third-order valence-corrected chi connectivity index (χ3v) is 3.04. The molecule has 86 valence electrons. The number of quaternary nitrogens is 1. The van der Waals surface area contributed by atoms with Crippen molar-refractivity contribution in [1.82, 2.24) is 0 Å². The summed E-state index contributed by atoms with van der Waals surface area (Å²) in [5.74, 6) is 0. The van der Waals surface area contributed by atoms with Gasteiger partial charge in [0.25, 0.3) is 0 Å². The van der Waals surface area contributed by atoms with Gasteiger partial charge in [-0.2, -0.15) is 0 Å². The maximum Gasteiger partial charge on any atom is 0.474 e. The van der Waals surface area contributed by atoms with E-state index in [2.05, 4.69) is 0 Å². The molecule has 14 heavy (non-hydrogen) atoms. The highest BCUT2D eigenvalue weighted by atomic mass is 31.2.